The molecule has 238 valence electrons. The molecule has 9 nitrogen and oxygen atoms in total. The number of nitrogens with one attached hydrogen (secondary N) is 3. The summed E-state index contributed by atoms with van der Waals surface area (Å²) < 4.78 is 0. The van der Waals surface area contributed by atoms with Gasteiger partial charge >= 0.3 is 0 Å². The fraction of sp³-hybridized carbons (Fsp3) is 0.243. The van der Waals surface area contributed by atoms with E-state index < -0.39 is 47.0 Å². The molecule has 9 heteroatoms. The van der Waals surface area contributed by atoms with Gasteiger partial charge in [0.2, 0.25) is 17.7 Å². The van der Waals surface area contributed by atoms with Gasteiger partial charge in [0.15, 0.2) is 5.78 Å². The molecule has 0 fully saturated rings. The van der Waals surface area contributed by atoms with Gasteiger partial charge in [-0.15, -0.1) is 0 Å². The van der Waals surface area contributed by atoms with E-state index in [1.54, 1.807) is 24.3 Å². The van der Waals surface area contributed by atoms with Gasteiger partial charge in [0.05, 0.1) is 24.6 Å². The van der Waals surface area contributed by atoms with Gasteiger partial charge in [-0.05, 0) is 48.2 Å². The number of carbonyl (C=O) groups is 4. The number of amides is 3. The van der Waals surface area contributed by atoms with Crippen LogP contribution < -0.4 is 21.7 Å². The Kier molecular flexibility index (Phi) is 11.6. The molecule has 0 radical (unpaired) electrons. The van der Waals surface area contributed by atoms with E-state index in [1.807, 2.05) is 91.0 Å². The first-order valence-corrected chi connectivity index (χ1v) is 15.2. The lowest BCUT2D eigenvalue weighted by Crippen LogP contribution is -2.49. The number of hydrogen-bond acceptors (Lipinski definition) is 6. The van der Waals surface area contributed by atoms with Gasteiger partial charge < -0.3 is 26.8 Å². The van der Waals surface area contributed by atoms with Crippen molar-refractivity contribution in [2.24, 2.45) is 11.7 Å². The van der Waals surface area contributed by atoms with Crippen LogP contribution >= 0.6 is 0 Å². The third-order valence-electron chi connectivity index (χ3n) is 7.86. The van der Waals surface area contributed by atoms with Crippen LogP contribution in [-0.2, 0) is 31.3 Å². The summed E-state index contributed by atoms with van der Waals surface area (Å²) >= 11 is 0. The number of aliphatic hydroxyl groups excluding tert-OH is 1. The number of ketones is 1. The van der Waals surface area contributed by atoms with Gasteiger partial charge in [-0.1, -0.05) is 103 Å². The van der Waals surface area contributed by atoms with E-state index in [9.17, 15) is 24.3 Å². The quantitative estimate of drug-likeness (QED) is 0.134. The van der Waals surface area contributed by atoms with Crippen molar-refractivity contribution >= 4 is 29.2 Å². The van der Waals surface area contributed by atoms with Crippen LogP contribution in [0.5, 0.6) is 0 Å². The molecule has 4 aromatic carbocycles. The fourth-order valence-corrected chi connectivity index (χ4v) is 5.31. The topological polar surface area (TPSA) is 151 Å². The van der Waals surface area contributed by atoms with Crippen LogP contribution in [-0.4, -0.2) is 40.7 Å². The number of nitrogens with two attached hydrogens (primary N) is 1. The highest BCUT2D eigenvalue weighted by Crippen LogP contribution is 2.37. The average molecular weight is 621 g/mol. The van der Waals surface area contributed by atoms with Crippen LogP contribution in [0.2, 0.25) is 0 Å². The molecule has 0 bridgehead atoms. The summed E-state index contributed by atoms with van der Waals surface area (Å²) in [6.45, 7) is 2.88. The molecule has 0 saturated carbocycles. The van der Waals surface area contributed by atoms with Gasteiger partial charge in [-0.25, -0.2) is 0 Å². The Bertz CT molecular complexity index is 1510. The Hall–Kier alpha value is -5.12. The lowest BCUT2D eigenvalue weighted by atomic mass is 9.76. The highest BCUT2D eigenvalue weighted by atomic mass is 16.3. The minimum atomic E-state index is -1.11. The third kappa shape index (κ3) is 8.32. The maximum Gasteiger partial charge on any atom is 0.237 e. The zero-order valence-electron chi connectivity index (χ0n) is 26.0. The monoisotopic (exact) mass is 620 g/mol. The number of anilines is 1. The largest absolute Gasteiger partial charge is 0.392 e. The van der Waals surface area contributed by atoms with Crippen molar-refractivity contribution in [3.05, 3.63) is 138 Å². The Morgan fingerprint density at radius 3 is 1.61 bits per heavy atom. The maximum atomic E-state index is 14.1. The first kappa shape index (κ1) is 33.8. The highest BCUT2D eigenvalue weighted by molar-refractivity contribution is 5.99. The number of Topliss-reactive ketones (excluding diaryl/α,β-unsaturated/α-hetero) is 1. The molecule has 0 aliphatic carbocycles. The van der Waals surface area contributed by atoms with E-state index in [4.69, 9.17) is 5.73 Å². The molecule has 4 rings (SSSR count). The summed E-state index contributed by atoms with van der Waals surface area (Å²) in [5.41, 5.74) is 8.11. The molecule has 3 amide bonds. The van der Waals surface area contributed by atoms with Crippen LogP contribution in [0.3, 0.4) is 0 Å². The molecule has 46 heavy (non-hydrogen) atoms. The summed E-state index contributed by atoms with van der Waals surface area (Å²) in [5.74, 6) is -2.97. The standard InChI is InChI=1S/C37H40N4O5/c1-25(38)35(45)39-26(2)33(43)22-28(36(46)40-32-20-18-27(24-42)19-21-32)23-34(44)41-37(29-12-6-3-7-13-29,30-14-8-4-9-15-30)31-16-10-5-11-17-31/h3-21,25-26,28,42H,22-24,38H2,1-2H3,(H,39,45)(H,40,46)(H,41,44)/t25-,26-,28-/m0/s1. The Balaban J connectivity index is 1.68. The zero-order valence-corrected chi connectivity index (χ0v) is 26.0. The first-order chi connectivity index (χ1) is 22.1. The second-order valence-electron chi connectivity index (χ2n) is 11.3. The number of rotatable bonds is 14. The summed E-state index contributed by atoms with van der Waals surface area (Å²) in [4.78, 5) is 53.2. The van der Waals surface area contributed by atoms with E-state index >= 15 is 0 Å². The number of hydrogen-bond donors (Lipinski definition) is 5. The van der Waals surface area contributed by atoms with Crippen molar-refractivity contribution in [2.45, 2.75) is 50.9 Å². The van der Waals surface area contributed by atoms with Crippen molar-refractivity contribution in [1.82, 2.24) is 10.6 Å². The molecule has 0 heterocycles. The molecule has 4 aromatic rings. The predicted molar refractivity (Wildman–Crippen MR) is 177 cm³/mol. The Morgan fingerprint density at radius 1 is 0.696 bits per heavy atom. The molecule has 0 aliphatic heterocycles. The second-order valence-corrected chi connectivity index (χ2v) is 11.3. The smallest absolute Gasteiger partial charge is 0.237 e. The van der Waals surface area contributed by atoms with Gasteiger partial charge in [0, 0.05) is 18.5 Å². The molecule has 0 aromatic heterocycles. The minimum Gasteiger partial charge on any atom is -0.392 e. The maximum absolute atomic E-state index is 14.1. The molecule has 0 saturated heterocycles. The van der Waals surface area contributed by atoms with Gasteiger partial charge in [0.1, 0.15) is 5.54 Å². The normalized spacial score (nSPS) is 13.1. The summed E-state index contributed by atoms with van der Waals surface area (Å²) in [7, 11) is 0. The van der Waals surface area contributed by atoms with Crippen LogP contribution in [0, 0.1) is 5.92 Å². The van der Waals surface area contributed by atoms with Crippen molar-refractivity contribution in [3.63, 3.8) is 0 Å². The van der Waals surface area contributed by atoms with Gasteiger partial charge in [-0.3, -0.25) is 19.2 Å². The number of carbonyl (C=O) groups excluding carboxylic acids is 4. The predicted octanol–water partition coefficient (Wildman–Crippen LogP) is 4.04. The molecular weight excluding hydrogens is 580 g/mol. The van der Waals surface area contributed by atoms with Crippen molar-refractivity contribution in [1.29, 1.82) is 0 Å². The van der Waals surface area contributed by atoms with E-state index in [-0.39, 0.29) is 19.4 Å². The van der Waals surface area contributed by atoms with Crippen LogP contribution in [0.15, 0.2) is 115 Å². The average Bonchev–Trinajstić information content (AvgIpc) is 3.08. The summed E-state index contributed by atoms with van der Waals surface area (Å²) in [5, 5.41) is 18.0. The number of benzene rings is 4. The SMILES string of the molecule is C[C@H](N)C(=O)N[C@@H](C)C(=O)C[C@@H](CC(=O)NC(c1ccccc1)(c1ccccc1)c1ccccc1)C(=O)Nc1ccc(CO)cc1. The molecule has 0 aliphatic rings. The molecular formula is C37H40N4O5. The summed E-state index contributed by atoms with van der Waals surface area (Å²) in [6, 6.07) is 33.6. The third-order valence-corrected chi connectivity index (χ3v) is 7.86. The van der Waals surface area contributed by atoms with Crippen LogP contribution in [0.25, 0.3) is 0 Å². The molecule has 3 atom stereocenters. The minimum absolute atomic E-state index is 0.150. The molecule has 0 unspecified atom stereocenters. The number of aliphatic hydroxyl groups is 1. The van der Waals surface area contributed by atoms with Crippen molar-refractivity contribution in [2.75, 3.05) is 5.32 Å². The van der Waals surface area contributed by atoms with Crippen LogP contribution in [0.1, 0.15) is 48.9 Å². The molecule has 0 spiro atoms. The Morgan fingerprint density at radius 2 is 1.17 bits per heavy atom. The van der Waals surface area contributed by atoms with Crippen molar-refractivity contribution in [3.8, 4) is 0 Å². The molecule has 6 N–H and O–H groups in total. The first-order valence-electron chi connectivity index (χ1n) is 15.2. The van der Waals surface area contributed by atoms with Crippen molar-refractivity contribution < 1.29 is 24.3 Å². The van der Waals surface area contributed by atoms with E-state index in [2.05, 4.69) is 16.0 Å². The second kappa shape index (κ2) is 15.7. The van der Waals surface area contributed by atoms with Crippen LogP contribution in [0.4, 0.5) is 5.69 Å². The van der Waals surface area contributed by atoms with E-state index in [1.165, 1.54) is 13.8 Å². The highest BCUT2D eigenvalue weighted by Gasteiger charge is 2.39. The van der Waals surface area contributed by atoms with Gasteiger partial charge in [-0.2, -0.15) is 0 Å². The lowest BCUT2D eigenvalue weighted by Gasteiger charge is -2.37. The van der Waals surface area contributed by atoms with E-state index in [0.717, 1.165) is 16.7 Å². The zero-order chi connectivity index (χ0) is 33.1. The Labute approximate surface area is 269 Å². The van der Waals surface area contributed by atoms with E-state index in [0.29, 0.717) is 11.3 Å². The fourth-order valence-electron chi connectivity index (χ4n) is 5.31. The van der Waals surface area contributed by atoms with Gasteiger partial charge in [0.25, 0.3) is 0 Å². The summed E-state index contributed by atoms with van der Waals surface area (Å²) in [6.07, 6.45) is -0.613. The lowest BCUT2D eigenvalue weighted by molar-refractivity contribution is -0.132.